The van der Waals surface area contributed by atoms with E-state index in [1.807, 2.05) is 6.07 Å². The van der Waals surface area contributed by atoms with Gasteiger partial charge < -0.3 is 9.15 Å². The average molecular weight is 521 g/mol. The number of carbonyl (C=O) groups is 1. The Morgan fingerprint density at radius 1 is 1.10 bits per heavy atom. The fourth-order valence-electron chi connectivity index (χ4n) is 2.74. The van der Waals surface area contributed by atoms with Gasteiger partial charge in [-0.25, -0.2) is 9.79 Å². The van der Waals surface area contributed by atoms with E-state index < -0.39 is 10.9 Å². The van der Waals surface area contributed by atoms with Crippen LogP contribution in [0, 0.1) is 13.7 Å². The number of halogens is 2. The third kappa shape index (κ3) is 3.94. The lowest BCUT2D eigenvalue weighted by Crippen LogP contribution is -2.06. The van der Waals surface area contributed by atoms with Crippen LogP contribution in [-0.4, -0.2) is 16.8 Å². The molecule has 4 rings (SSSR count). The van der Waals surface area contributed by atoms with Crippen molar-refractivity contribution in [2.45, 2.75) is 0 Å². The third-order valence-electron chi connectivity index (χ3n) is 4.05. The van der Waals surface area contributed by atoms with E-state index >= 15 is 0 Å². The van der Waals surface area contributed by atoms with Gasteiger partial charge in [0, 0.05) is 15.7 Å². The molecule has 0 N–H and O–H groups in total. The maximum Gasteiger partial charge on any atom is 0.363 e. The molecule has 0 aliphatic carbocycles. The van der Waals surface area contributed by atoms with Crippen molar-refractivity contribution in [1.29, 1.82) is 0 Å². The van der Waals surface area contributed by atoms with Crippen LogP contribution >= 0.6 is 34.2 Å². The van der Waals surface area contributed by atoms with Gasteiger partial charge in [0.05, 0.1) is 21.1 Å². The van der Waals surface area contributed by atoms with Crippen LogP contribution in [0.15, 0.2) is 69.7 Å². The summed E-state index contributed by atoms with van der Waals surface area (Å²) in [6.45, 7) is 0. The first-order valence-corrected chi connectivity index (χ1v) is 9.69. The molecule has 2 heterocycles. The van der Waals surface area contributed by atoms with Crippen molar-refractivity contribution in [3.05, 3.63) is 90.3 Å². The maximum atomic E-state index is 12.2. The number of nitro benzene ring substituents is 1. The zero-order valence-electron chi connectivity index (χ0n) is 14.5. The van der Waals surface area contributed by atoms with E-state index in [9.17, 15) is 14.9 Å². The molecule has 0 radical (unpaired) electrons. The predicted octanol–water partition coefficient (Wildman–Crippen LogP) is 5.46. The Labute approximate surface area is 182 Å². The van der Waals surface area contributed by atoms with E-state index in [4.69, 9.17) is 20.8 Å². The number of benzene rings is 2. The SMILES string of the molecule is O=C1OC(c2cc(I)ccc2Cl)=N/C1=C\c1ccc(-c2ccccc2[N+](=O)[O-])o1. The number of furan rings is 1. The van der Waals surface area contributed by atoms with Crippen LogP contribution in [-0.2, 0) is 9.53 Å². The van der Waals surface area contributed by atoms with Crippen LogP contribution in [0.2, 0.25) is 5.02 Å². The van der Waals surface area contributed by atoms with Crippen molar-refractivity contribution in [2.75, 3.05) is 0 Å². The lowest BCUT2D eigenvalue weighted by molar-refractivity contribution is -0.384. The van der Waals surface area contributed by atoms with Crippen LogP contribution in [0.25, 0.3) is 17.4 Å². The minimum absolute atomic E-state index is 0.0402. The Morgan fingerprint density at radius 3 is 2.69 bits per heavy atom. The molecule has 0 atom stereocenters. The number of cyclic esters (lactones) is 1. The molecular formula is C20H10ClIN2O5. The molecule has 9 heteroatoms. The van der Waals surface area contributed by atoms with Gasteiger partial charge in [-0.05, 0) is 59.0 Å². The van der Waals surface area contributed by atoms with Gasteiger partial charge in [-0.1, -0.05) is 23.7 Å². The Hall–Kier alpha value is -2.98. The van der Waals surface area contributed by atoms with E-state index in [2.05, 4.69) is 27.6 Å². The number of nitrogens with zero attached hydrogens (tertiary/aromatic N) is 2. The van der Waals surface area contributed by atoms with Gasteiger partial charge in [0.2, 0.25) is 5.90 Å². The molecule has 0 fully saturated rings. The van der Waals surface area contributed by atoms with Crippen molar-refractivity contribution in [1.82, 2.24) is 0 Å². The van der Waals surface area contributed by atoms with Crippen molar-refractivity contribution >= 4 is 57.8 Å². The lowest BCUT2D eigenvalue weighted by atomic mass is 10.1. The monoisotopic (exact) mass is 520 g/mol. The highest BCUT2D eigenvalue weighted by Crippen LogP contribution is 2.32. The number of nitro groups is 1. The number of para-hydroxylation sites is 1. The number of carbonyl (C=O) groups excluding carboxylic acids is 1. The van der Waals surface area contributed by atoms with E-state index in [1.165, 1.54) is 12.1 Å². The summed E-state index contributed by atoms with van der Waals surface area (Å²) in [4.78, 5) is 27.1. The Morgan fingerprint density at radius 2 is 1.90 bits per heavy atom. The van der Waals surface area contributed by atoms with E-state index in [0.717, 1.165) is 3.57 Å². The van der Waals surface area contributed by atoms with Crippen molar-refractivity contribution in [3.8, 4) is 11.3 Å². The highest BCUT2D eigenvalue weighted by atomic mass is 127. The second kappa shape index (κ2) is 7.80. The summed E-state index contributed by atoms with van der Waals surface area (Å²) in [5, 5.41) is 11.6. The van der Waals surface area contributed by atoms with Crippen molar-refractivity contribution in [2.24, 2.45) is 4.99 Å². The van der Waals surface area contributed by atoms with Crippen LogP contribution in [0.3, 0.4) is 0 Å². The van der Waals surface area contributed by atoms with E-state index in [0.29, 0.717) is 27.7 Å². The highest BCUT2D eigenvalue weighted by molar-refractivity contribution is 14.1. The normalized spacial score (nSPS) is 14.8. The second-order valence-corrected chi connectivity index (χ2v) is 7.59. The van der Waals surface area contributed by atoms with Gasteiger partial charge in [0.25, 0.3) is 5.69 Å². The third-order valence-corrected chi connectivity index (χ3v) is 5.05. The molecule has 1 aliphatic heterocycles. The van der Waals surface area contributed by atoms with Gasteiger partial charge in [-0.3, -0.25) is 10.1 Å². The van der Waals surface area contributed by atoms with Crippen molar-refractivity contribution in [3.63, 3.8) is 0 Å². The van der Waals surface area contributed by atoms with Gasteiger partial charge >= 0.3 is 5.97 Å². The summed E-state index contributed by atoms with van der Waals surface area (Å²) in [7, 11) is 0. The molecule has 0 unspecified atom stereocenters. The van der Waals surface area contributed by atoms with Crippen LogP contribution in [0.4, 0.5) is 5.69 Å². The fourth-order valence-corrected chi connectivity index (χ4v) is 3.43. The molecule has 1 aromatic heterocycles. The lowest BCUT2D eigenvalue weighted by Gasteiger charge is -2.02. The predicted molar refractivity (Wildman–Crippen MR) is 116 cm³/mol. The molecule has 1 aliphatic rings. The molecule has 29 heavy (non-hydrogen) atoms. The number of hydrogen-bond acceptors (Lipinski definition) is 6. The molecule has 0 spiro atoms. The first kappa shape index (κ1) is 19.3. The summed E-state index contributed by atoms with van der Waals surface area (Å²) in [6.07, 6.45) is 1.41. The molecule has 144 valence electrons. The average Bonchev–Trinajstić information content (AvgIpc) is 3.31. The molecule has 3 aromatic rings. The summed E-state index contributed by atoms with van der Waals surface area (Å²) < 4.78 is 11.8. The van der Waals surface area contributed by atoms with Gasteiger partial charge in [0.1, 0.15) is 11.5 Å². The standard InChI is InChI=1S/C20H10ClIN2O5/c21-15-7-5-11(22)9-14(15)19-23-16(20(25)29-19)10-12-6-8-18(28-12)13-3-1-2-4-17(13)24(26)27/h1-10H/b16-10-. The summed E-state index contributed by atoms with van der Waals surface area (Å²) in [5.41, 5.74) is 0.815. The highest BCUT2D eigenvalue weighted by Gasteiger charge is 2.26. The largest absolute Gasteiger partial charge is 0.456 e. The summed E-state index contributed by atoms with van der Waals surface area (Å²) >= 11 is 8.30. The number of aliphatic imine (C=N–C) groups is 1. The number of rotatable bonds is 4. The summed E-state index contributed by atoms with van der Waals surface area (Å²) in [5.74, 6) is 0.0815. The first-order chi connectivity index (χ1) is 13.9. The molecule has 0 saturated heterocycles. The van der Waals surface area contributed by atoms with Gasteiger partial charge in [-0.15, -0.1) is 0 Å². The number of esters is 1. The zero-order chi connectivity index (χ0) is 20.5. The maximum absolute atomic E-state index is 12.2. The van der Waals surface area contributed by atoms with Crippen LogP contribution < -0.4 is 0 Å². The number of hydrogen-bond donors (Lipinski definition) is 0. The first-order valence-electron chi connectivity index (χ1n) is 8.24. The number of ether oxygens (including phenoxy) is 1. The fraction of sp³-hybridized carbons (Fsp3) is 0. The minimum Gasteiger partial charge on any atom is -0.456 e. The van der Waals surface area contributed by atoms with Crippen LogP contribution in [0.1, 0.15) is 11.3 Å². The Balaban J connectivity index is 1.67. The van der Waals surface area contributed by atoms with Gasteiger partial charge in [-0.2, -0.15) is 0 Å². The zero-order valence-corrected chi connectivity index (χ0v) is 17.4. The topological polar surface area (TPSA) is 94.9 Å². The minimum atomic E-state index is -0.640. The molecule has 0 amide bonds. The quantitative estimate of drug-likeness (QED) is 0.150. The molecule has 7 nitrogen and oxygen atoms in total. The van der Waals surface area contributed by atoms with Gasteiger partial charge in [0.15, 0.2) is 5.70 Å². The van der Waals surface area contributed by atoms with Crippen LogP contribution in [0.5, 0.6) is 0 Å². The second-order valence-electron chi connectivity index (χ2n) is 5.94. The molecule has 2 aromatic carbocycles. The van der Waals surface area contributed by atoms with E-state index in [-0.39, 0.29) is 17.3 Å². The summed E-state index contributed by atoms with van der Waals surface area (Å²) in [6, 6.07) is 14.7. The Bertz CT molecular complexity index is 1220. The Kier molecular flexibility index (Phi) is 5.20. The smallest absolute Gasteiger partial charge is 0.363 e. The molecule has 0 bridgehead atoms. The van der Waals surface area contributed by atoms with E-state index in [1.54, 1.807) is 42.5 Å². The molecular weight excluding hydrogens is 511 g/mol. The van der Waals surface area contributed by atoms with Crippen molar-refractivity contribution < 1.29 is 18.9 Å². The molecule has 0 saturated carbocycles.